The molecule has 0 saturated heterocycles. The Kier molecular flexibility index (Phi) is 5.42. The molecule has 0 aliphatic rings. The average molecular weight is 331 g/mol. The van der Waals surface area contributed by atoms with Gasteiger partial charge in [0, 0.05) is 5.33 Å². The monoisotopic (exact) mass is 330 g/mol. The molecule has 0 aliphatic carbocycles. The van der Waals surface area contributed by atoms with E-state index in [4.69, 9.17) is 0 Å². The van der Waals surface area contributed by atoms with Gasteiger partial charge in [0.2, 0.25) is 0 Å². The Balaban J connectivity index is 2.09. The fourth-order valence-corrected chi connectivity index (χ4v) is 3.33. The van der Waals surface area contributed by atoms with Crippen molar-refractivity contribution in [2.24, 2.45) is 5.92 Å². The van der Waals surface area contributed by atoms with Crippen LogP contribution in [0.25, 0.3) is 0 Å². The highest BCUT2D eigenvalue weighted by Crippen LogP contribution is 2.19. The van der Waals surface area contributed by atoms with Gasteiger partial charge in [0.25, 0.3) is 0 Å². The van der Waals surface area contributed by atoms with Gasteiger partial charge >= 0.3 is 0 Å². The topological polar surface area (TPSA) is 0 Å². The molecule has 20 heavy (non-hydrogen) atoms. The quantitative estimate of drug-likeness (QED) is 0.643. The zero-order valence-electron chi connectivity index (χ0n) is 12.6. The minimum atomic E-state index is 0.651. The second-order valence-electron chi connectivity index (χ2n) is 5.91. The van der Waals surface area contributed by atoms with E-state index in [1.54, 1.807) is 0 Å². The van der Waals surface area contributed by atoms with Crippen LogP contribution >= 0.6 is 15.9 Å². The molecule has 1 unspecified atom stereocenters. The Bertz CT molecular complexity index is 551. The predicted octanol–water partition coefficient (Wildman–Crippen LogP) is 5.41. The number of benzene rings is 2. The molecule has 0 nitrogen and oxygen atoms in total. The fraction of sp³-hybridized carbons (Fsp3) is 0.368. The molecule has 0 aliphatic heterocycles. The fourth-order valence-electron chi connectivity index (χ4n) is 2.87. The lowest BCUT2D eigenvalue weighted by Crippen LogP contribution is -2.10. The van der Waals surface area contributed by atoms with Crippen LogP contribution in [0.15, 0.2) is 42.5 Å². The van der Waals surface area contributed by atoms with Crippen LogP contribution in [-0.2, 0) is 12.8 Å². The molecule has 2 aromatic carbocycles. The second kappa shape index (κ2) is 7.08. The van der Waals surface area contributed by atoms with Gasteiger partial charge in [0.05, 0.1) is 0 Å². The maximum Gasteiger partial charge on any atom is 0.00660 e. The third kappa shape index (κ3) is 4.49. The maximum atomic E-state index is 3.69. The molecule has 0 radical (unpaired) electrons. The summed E-state index contributed by atoms with van der Waals surface area (Å²) in [4.78, 5) is 0. The van der Waals surface area contributed by atoms with Crippen molar-refractivity contribution in [1.82, 2.24) is 0 Å². The molecule has 0 N–H and O–H groups in total. The standard InChI is InChI=1S/C19H23Br/c1-14-5-4-6-17(8-14)11-19(13-20)12-18-9-15(2)7-16(3)10-18/h4-10,19H,11-13H2,1-3H3. The van der Waals surface area contributed by atoms with Crippen LogP contribution < -0.4 is 0 Å². The Morgan fingerprint density at radius 3 is 2.00 bits per heavy atom. The van der Waals surface area contributed by atoms with E-state index in [-0.39, 0.29) is 0 Å². The molecule has 0 heterocycles. The summed E-state index contributed by atoms with van der Waals surface area (Å²) in [7, 11) is 0. The Hall–Kier alpha value is -1.08. The first-order valence-electron chi connectivity index (χ1n) is 7.25. The van der Waals surface area contributed by atoms with Crippen molar-refractivity contribution in [3.63, 3.8) is 0 Å². The van der Waals surface area contributed by atoms with Crippen LogP contribution in [0, 0.1) is 26.7 Å². The van der Waals surface area contributed by atoms with Gasteiger partial charge in [0.1, 0.15) is 0 Å². The molecule has 0 aromatic heterocycles. The van der Waals surface area contributed by atoms with Crippen molar-refractivity contribution in [3.05, 3.63) is 70.3 Å². The number of hydrogen-bond donors (Lipinski definition) is 0. The minimum absolute atomic E-state index is 0.651. The maximum absolute atomic E-state index is 3.69. The lowest BCUT2D eigenvalue weighted by atomic mass is 9.92. The van der Waals surface area contributed by atoms with Crippen LogP contribution in [0.2, 0.25) is 0 Å². The first-order chi connectivity index (χ1) is 9.56. The van der Waals surface area contributed by atoms with Crippen molar-refractivity contribution in [3.8, 4) is 0 Å². The molecule has 1 atom stereocenters. The summed E-state index contributed by atoms with van der Waals surface area (Å²) in [6, 6.07) is 15.7. The molecule has 0 saturated carbocycles. The SMILES string of the molecule is Cc1cccc(CC(CBr)Cc2cc(C)cc(C)c2)c1. The van der Waals surface area contributed by atoms with E-state index in [2.05, 4.69) is 79.2 Å². The van der Waals surface area contributed by atoms with Gasteiger partial charge in [-0.1, -0.05) is 75.1 Å². The average Bonchev–Trinajstić information content (AvgIpc) is 2.36. The molecule has 2 aromatic rings. The van der Waals surface area contributed by atoms with Gasteiger partial charge < -0.3 is 0 Å². The van der Waals surface area contributed by atoms with Crippen molar-refractivity contribution in [2.75, 3.05) is 5.33 Å². The first-order valence-corrected chi connectivity index (χ1v) is 8.37. The summed E-state index contributed by atoms with van der Waals surface area (Å²) in [5.41, 5.74) is 6.98. The smallest absolute Gasteiger partial charge is 0.00660 e. The van der Waals surface area contributed by atoms with Crippen molar-refractivity contribution >= 4 is 15.9 Å². The third-order valence-corrected chi connectivity index (χ3v) is 4.55. The zero-order valence-corrected chi connectivity index (χ0v) is 14.2. The van der Waals surface area contributed by atoms with Crippen molar-refractivity contribution in [2.45, 2.75) is 33.6 Å². The molecular formula is C19H23Br. The summed E-state index contributed by atoms with van der Waals surface area (Å²) < 4.78 is 0. The van der Waals surface area contributed by atoms with E-state index in [1.165, 1.54) is 27.8 Å². The highest BCUT2D eigenvalue weighted by molar-refractivity contribution is 9.09. The van der Waals surface area contributed by atoms with Crippen molar-refractivity contribution in [1.29, 1.82) is 0 Å². The molecule has 0 spiro atoms. The Labute approximate surface area is 131 Å². The minimum Gasteiger partial charge on any atom is -0.0925 e. The number of alkyl halides is 1. The summed E-state index contributed by atoms with van der Waals surface area (Å²) in [5, 5.41) is 1.05. The summed E-state index contributed by atoms with van der Waals surface area (Å²) >= 11 is 3.69. The summed E-state index contributed by atoms with van der Waals surface area (Å²) in [5.74, 6) is 0.651. The molecule has 0 bridgehead atoms. The number of rotatable bonds is 5. The summed E-state index contributed by atoms with van der Waals surface area (Å²) in [6.45, 7) is 6.52. The van der Waals surface area contributed by atoms with E-state index in [0.29, 0.717) is 5.92 Å². The predicted molar refractivity (Wildman–Crippen MR) is 91.8 cm³/mol. The summed E-state index contributed by atoms with van der Waals surface area (Å²) in [6.07, 6.45) is 2.28. The van der Waals surface area contributed by atoms with Gasteiger partial charge in [-0.05, 0) is 50.7 Å². The lowest BCUT2D eigenvalue weighted by molar-refractivity contribution is 0.590. The van der Waals surface area contributed by atoms with Gasteiger partial charge in [-0.3, -0.25) is 0 Å². The van der Waals surface area contributed by atoms with E-state index in [1.807, 2.05) is 0 Å². The zero-order chi connectivity index (χ0) is 14.5. The van der Waals surface area contributed by atoms with E-state index < -0.39 is 0 Å². The normalized spacial score (nSPS) is 12.4. The van der Waals surface area contributed by atoms with Gasteiger partial charge in [-0.15, -0.1) is 0 Å². The molecule has 2 rings (SSSR count). The van der Waals surface area contributed by atoms with Crippen LogP contribution in [0.4, 0.5) is 0 Å². The molecular weight excluding hydrogens is 308 g/mol. The molecule has 0 fully saturated rings. The lowest BCUT2D eigenvalue weighted by Gasteiger charge is -2.15. The molecule has 106 valence electrons. The van der Waals surface area contributed by atoms with Crippen LogP contribution in [0.1, 0.15) is 27.8 Å². The highest BCUT2D eigenvalue weighted by atomic mass is 79.9. The molecule has 0 amide bonds. The number of halogens is 1. The number of aryl methyl sites for hydroxylation is 3. The van der Waals surface area contributed by atoms with Crippen LogP contribution in [0.5, 0.6) is 0 Å². The van der Waals surface area contributed by atoms with Crippen LogP contribution in [0.3, 0.4) is 0 Å². The highest BCUT2D eigenvalue weighted by Gasteiger charge is 2.10. The van der Waals surface area contributed by atoms with Gasteiger partial charge in [0.15, 0.2) is 0 Å². The Morgan fingerprint density at radius 2 is 1.40 bits per heavy atom. The van der Waals surface area contributed by atoms with Gasteiger partial charge in [-0.2, -0.15) is 0 Å². The second-order valence-corrected chi connectivity index (χ2v) is 6.56. The van der Waals surface area contributed by atoms with E-state index >= 15 is 0 Å². The number of hydrogen-bond acceptors (Lipinski definition) is 0. The van der Waals surface area contributed by atoms with Crippen LogP contribution in [-0.4, -0.2) is 5.33 Å². The van der Waals surface area contributed by atoms with Gasteiger partial charge in [-0.25, -0.2) is 0 Å². The first kappa shape index (κ1) is 15.3. The van der Waals surface area contributed by atoms with E-state index in [9.17, 15) is 0 Å². The Morgan fingerprint density at radius 1 is 0.800 bits per heavy atom. The van der Waals surface area contributed by atoms with Crippen molar-refractivity contribution < 1.29 is 0 Å². The molecule has 1 heteroatoms. The van der Waals surface area contributed by atoms with E-state index in [0.717, 1.165) is 18.2 Å². The third-order valence-electron chi connectivity index (χ3n) is 3.63. The largest absolute Gasteiger partial charge is 0.0925 e.